The van der Waals surface area contributed by atoms with Gasteiger partial charge < -0.3 is 25.0 Å². The van der Waals surface area contributed by atoms with Gasteiger partial charge in [-0.25, -0.2) is 4.99 Å². The molecule has 8 heteroatoms. The lowest BCUT2D eigenvalue weighted by molar-refractivity contribution is 0.0257. The molecule has 0 atom stereocenters. The van der Waals surface area contributed by atoms with Gasteiger partial charge in [0.25, 0.3) is 0 Å². The highest BCUT2D eigenvalue weighted by atomic mass is 16.5. The van der Waals surface area contributed by atoms with E-state index in [9.17, 15) is 5.11 Å². The molecule has 0 aliphatic carbocycles. The zero-order chi connectivity index (χ0) is 20.1. The number of ether oxygens (including phenoxy) is 1. The first-order valence-electron chi connectivity index (χ1n) is 10.1. The standard InChI is InChI=1S/C19H38N6O2/c1-6-10-19(26,11-7-2)15-22-18(20-12-9-13-27-8-3)21-14-17-24-23-16(4)25(17)5/h26H,6-15H2,1-5H3,(H2,20,21,22). The Morgan fingerprint density at radius 3 is 2.44 bits per heavy atom. The van der Waals surface area contributed by atoms with Crippen molar-refractivity contribution in [2.45, 2.75) is 71.9 Å². The van der Waals surface area contributed by atoms with E-state index in [0.29, 0.717) is 19.0 Å². The number of hydrogen-bond donors (Lipinski definition) is 3. The van der Waals surface area contributed by atoms with E-state index < -0.39 is 5.60 Å². The summed E-state index contributed by atoms with van der Waals surface area (Å²) in [5, 5.41) is 25.7. The second-order valence-electron chi connectivity index (χ2n) is 6.94. The molecular formula is C19H38N6O2. The van der Waals surface area contributed by atoms with Crippen LogP contribution >= 0.6 is 0 Å². The minimum absolute atomic E-state index is 0.429. The SMILES string of the molecule is CCCC(O)(CCC)CNC(=NCc1nnc(C)n1C)NCCCOCC. The van der Waals surface area contributed by atoms with Gasteiger partial charge in [0.2, 0.25) is 0 Å². The van der Waals surface area contributed by atoms with Gasteiger partial charge in [0.15, 0.2) is 11.8 Å². The Morgan fingerprint density at radius 2 is 1.89 bits per heavy atom. The summed E-state index contributed by atoms with van der Waals surface area (Å²) in [6.45, 7) is 11.2. The van der Waals surface area contributed by atoms with Gasteiger partial charge in [-0.1, -0.05) is 26.7 Å². The van der Waals surface area contributed by atoms with E-state index in [-0.39, 0.29) is 0 Å². The number of nitrogens with one attached hydrogen (secondary N) is 2. The van der Waals surface area contributed by atoms with Gasteiger partial charge in [0, 0.05) is 33.4 Å². The number of rotatable bonds is 13. The van der Waals surface area contributed by atoms with Crippen molar-refractivity contribution in [3.63, 3.8) is 0 Å². The molecule has 156 valence electrons. The molecule has 0 aliphatic rings. The minimum atomic E-state index is -0.710. The molecule has 1 heterocycles. The van der Waals surface area contributed by atoms with Gasteiger partial charge in [-0.05, 0) is 33.1 Å². The first-order chi connectivity index (χ1) is 13.0. The average molecular weight is 383 g/mol. The normalized spacial score (nSPS) is 12.4. The second kappa shape index (κ2) is 12.7. The molecule has 0 fully saturated rings. The van der Waals surface area contributed by atoms with Crippen molar-refractivity contribution in [2.24, 2.45) is 12.0 Å². The smallest absolute Gasteiger partial charge is 0.191 e. The van der Waals surface area contributed by atoms with Crippen LogP contribution in [0.15, 0.2) is 4.99 Å². The van der Waals surface area contributed by atoms with Crippen LogP contribution in [0.5, 0.6) is 0 Å². The second-order valence-corrected chi connectivity index (χ2v) is 6.94. The number of aliphatic imine (C=N–C) groups is 1. The van der Waals surface area contributed by atoms with Crippen LogP contribution < -0.4 is 10.6 Å². The Morgan fingerprint density at radius 1 is 1.19 bits per heavy atom. The van der Waals surface area contributed by atoms with Crippen molar-refractivity contribution >= 4 is 5.96 Å². The number of aromatic nitrogens is 3. The maximum atomic E-state index is 10.8. The summed E-state index contributed by atoms with van der Waals surface area (Å²) in [5.74, 6) is 2.35. The zero-order valence-electron chi connectivity index (χ0n) is 17.7. The van der Waals surface area contributed by atoms with Gasteiger partial charge in [0.1, 0.15) is 12.4 Å². The minimum Gasteiger partial charge on any atom is -0.388 e. The Kier molecular flexibility index (Phi) is 11.0. The maximum absolute atomic E-state index is 10.8. The molecule has 0 bridgehead atoms. The van der Waals surface area contributed by atoms with E-state index in [1.165, 1.54) is 0 Å². The third-order valence-electron chi connectivity index (χ3n) is 4.54. The monoisotopic (exact) mass is 382 g/mol. The number of aryl methyl sites for hydroxylation is 1. The van der Waals surface area contributed by atoms with Crippen LogP contribution in [-0.4, -0.2) is 57.7 Å². The molecule has 3 N–H and O–H groups in total. The molecule has 27 heavy (non-hydrogen) atoms. The summed E-state index contributed by atoms with van der Waals surface area (Å²) < 4.78 is 7.31. The largest absolute Gasteiger partial charge is 0.388 e. The zero-order valence-corrected chi connectivity index (χ0v) is 17.7. The highest BCUT2D eigenvalue weighted by molar-refractivity contribution is 5.79. The van der Waals surface area contributed by atoms with E-state index in [1.54, 1.807) is 0 Å². The van der Waals surface area contributed by atoms with Crippen LogP contribution in [0, 0.1) is 6.92 Å². The van der Waals surface area contributed by atoms with E-state index in [0.717, 1.165) is 63.5 Å². The Labute approximate surface area is 163 Å². The topological polar surface area (TPSA) is 96.6 Å². The molecule has 0 saturated carbocycles. The van der Waals surface area contributed by atoms with Crippen molar-refractivity contribution in [3.05, 3.63) is 11.6 Å². The van der Waals surface area contributed by atoms with E-state index in [4.69, 9.17) is 4.74 Å². The number of aliphatic hydroxyl groups is 1. The van der Waals surface area contributed by atoms with E-state index in [1.807, 2.05) is 25.5 Å². The summed E-state index contributed by atoms with van der Waals surface area (Å²) in [6, 6.07) is 0. The third kappa shape index (κ3) is 8.71. The molecular weight excluding hydrogens is 344 g/mol. The van der Waals surface area contributed by atoms with Gasteiger partial charge >= 0.3 is 0 Å². The first-order valence-corrected chi connectivity index (χ1v) is 10.1. The predicted octanol–water partition coefficient (Wildman–Crippen LogP) is 1.92. The summed E-state index contributed by atoms with van der Waals surface area (Å²) in [5.41, 5.74) is -0.710. The van der Waals surface area contributed by atoms with Crippen LogP contribution in [0.25, 0.3) is 0 Å². The molecule has 0 spiro atoms. The van der Waals surface area contributed by atoms with Gasteiger partial charge in [-0.15, -0.1) is 10.2 Å². The van der Waals surface area contributed by atoms with Crippen LogP contribution in [0.4, 0.5) is 0 Å². The van der Waals surface area contributed by atoms with Crippen molar-refractivity contribution in [1.82, 2.24) is 25.4 Å². The molecule has 1 rings (SSSR count). The average Bonchev–Trinajstić information content (AvgIpc) is 2.95. The highest BCUT2D eigenvalue weighted by Crippen LogP contribution is 2.18. The lowest BCUT2D eigenvalue weighted by Gasteiger charge is -2.28. The summed E-state index contributed by atoms with van der Waals surface area (Å²) in [7, 11) is 1.93. The van der Waals surface area contributed by atoms with Gasteiger partial charge in [-0.2, -0.15) is 0 Å². The lowest BCUT2D eigenvalue weighted by atomic mass is 9.93. The van der Waals surface area contributed by atoms with Crippen molar-refractivity contribution in [2.75, 3.05) is 26.3 Å². The summed E-state index contributed by atoms with van der Waals surface area (Å²) in [4.78, 5) is 4.63. The van der Waals surface area contributed by atoms with Crippen molar-refractivity contribution in [1.29, 1.82) is 0 Å². The number of nitrogens with zero attached hydrogens (tertiary/aromatic N) is 4. The molecule has 1 aromatic rings. The molecule has 0 aromatic carbocycles. The fraction of sp³-hybridized carbons (Fsp3) is 0.842. The maximum Gasteiger partial charge on any atom is 0.191 e. The molecule has 0 amide bonds. The summed E-state index contributed by atoms with van der Waals surface area (Å²) in [6.07, 6.45) is 4.34. The first kappa shape index (κ1) is 23.4. The molecule has 0 radical (unpaired) electrons. The Hall–Kier alpha value is -1.67. The Balaban J connectivity index is 2.70. The molecule has 0 saturated heterocycles. The third-order valence-corrected chi connectivity index (χ3v) is 4.54. The van der Waals surface area contributed by atoms with Crippen molar-refractivity contribution in [3.8, 4) is 0 Å². The predicted molar refractivity (Wildman–Crippen MR) is 109 cm³/mol. The van der Waals surface area contributed by atoms with E-state index >= 15 is 0 Å². The van der Waals surface area contributed by atoms with Crippen LogP contribution in [0.2, 0.25) is 0 Å². The quantitative estimate of drug-likeness (QED) is 0.274. The highest BCUT2D eigenvalue weighted by Gasteiger charge is 2.25. The summed E-state index contributed by atoms with van der Waals surface area (Å²) >= 11 is 0. The molecule has 1 aromatic heterocycles. The van der Waals surface area contributed by atoms with Gasteiger partial charge in [-0.3, -0.25) is 0 Å². The van der Waals surface area contributed by atoms with E-state index in [2.05, 4.69) is 39.7 Å². The van der Waals surface area contributed by atoms with Crippen LogP contribution in [-0.2, 0) is 18.3 Å². The van der Waals surface area contributed by atoms with Gasteiger partial charge in [0.05, 0.1) is 5.60 Å². The fourth-order valence-electron chi connectivity index (χ4n) is 2.92. The number of hydrogen-bond acceptors (Lipinski definition) is 5. The molecule has 0 unspecified atom stereocenters. The number of guanidine groups is 1. The fourth-order valence-corrected chi connectivity index (χ4v) is 2.92. The van der Waals surface area contributed by atoms with Crippen LogP contribution in [0.1, 0.15) is 64.5 Å². The molecule has 0 aliphatic heterocycles. The van der Waals surface area contributed by atoms with Crippen molar-refractivity contribution < 1.29 is 9.84 Å². The van der Waals surface area contributed by atoms with Crippen LogP contribution in [0.3, 0.4) is 0 Å². The Bertz CT molecular complexity index is 552. The molecule has 8 nitrogen and oxygen atoms in total. The lowest BCUT2D eigenvalue weighted by Crippen LogP contribution is -2.47.